The molecular formula is C17H24ClN. The fourth-order valence-electron chi connectivity index (χ4n) is 4.49. The number of halogens is 1. The van der Waals surface area contributed by atoms with Crippen LogP contribution in [0.2, 0.25) is 5.02 Å². The van der Waals surface area contributed by atoms with Crippen molar-refractivity contribution in [1.82, 2.24) is 4.90 Å². The van der Waals surface area contributed by atoms with Crippen molar-refractivity contribution in [2.75, 3.05) is 20.6 Å². The molecule has 2 atom stereocenters. The fourth-order valence-corrected chi connectivity index (χ4v) is 4.75. The number of fused-ring (bicyclic) bond motifs is 3. The molecule has 2 heteroatoms. The Balaban J connectivity index is 1.94. The van der Waals surface area contributed by atoms with Gasteiger partial charge in [0.15, 0.2) is 0 Å². The molecule has 0 N–H and O–H groups in total. The Bertz CT molecular complexity index is 435. The minimum Gasteiger partial charge on any atom is -0.309 e. The van der Waals surface area contributed by atoms with Gasteiger partial charge < -0.3 is 4.90 Å². The van der Waals surface area contributed by atoms with Gasteiger partial charge in [-0.25, -0.2) is 0 Å². The van der Waals surface area contributed by atoms with Crippen LogP contribution in [0.3, 0.4) is 0 Å². The highest BCUT2D eigenvalue weighted by atomic mass is 35.5. The van der Waals surface area contributed by atoms with Gasteiger partial charge in [-0.05, 0) is 75.1 Å². The second-order valence-corrected chi connectivity index (χ2v) is 7.06. The normalized spacial score (nSPS) is 33.9. The summed E-state index contributed by atoms with van der Waals surface area (Å²) in [5, 5.41) is 0.976. The molecule has 0 spiro atoms. The summed E-state index contributed by atoms with van der Waals surface area (Å²) in [6.07, 6.45) is 5.68. The van der Waals surface area contributed by atoms with E-state index in [1.54, 1.807) is 0 Å². The van der Waals surface area contributed by atoms with Gasteiger partial charge >= 0.3 is 0 Å². The number of nitrogens with zero attached hydrogens (tertiary/aromatic N) is 1. The van der Waals surface area contributed by atoms with E-state index in [1.807, 2.05) is 6.07 Å². The number of hydrogen-bond donors (Lipinski definition) is 0. The molecule has 0 saturated heterocycles. The molecule has 0 amide bonds. The Morgan fingerprint density at radius 3 is 2.32 bits per heavy atom. The molecule has 3 fully saturated rings. The molecule has 0 aliphatic heterocycles. The quantitative estimate of drug-likeness (QED) is 0.790. The van der Waals surface area contributed by atoms with E-state index < -0.39 is 0 Å². The summed E-state index contributed by atoms with van der Waals surface area (Å²) < 4.78 is 0. The summed E-state index contributed by atoms with van der Waals surface area (Å²) >= 11 is 6.48. The average molecular weight is 278 g/mol. The molecule has 1 aromatic carbocycles. The molecule has 1 aromatic rings. The van der Waals surface area contributed by atoms with Crippen molar-refractivity contribution in [1.29, 1.82) is 0 Å². The van der Waals surface area contributed by atoms with Crippen molar-refractivity contribution in [3.63, 3.8) is 0 Å². The Morgan fingerprint density at radius 1 is 1.05 bits per heavy atom. The van der Waals surface area contributed by atoms with E-state index >= 15 is 0 Å². The van der Waals surface area contributed by atoms with Crippen LogP contribution in [-0.2, 0) is 0 Å². The van der Waals surface area contributed by atoms with Crippen LogP contribution in [0.25, 0.3) is 0 Å². The van der Waals surface area contributed by atoms with Crippen LogP contribution < -0.4 is 0 Å². The van der Waals surface area contributed by atoms with Crippen molar-refractivity contribution < 1.29 is 0 Å². The lowest BCUT2D eigenvalue weighted by Crippen LogP contribution is -2.43. The van der Waals surface area contributed by atoms with E-state index in [0.717, 1.165) is 22.8 Å². The molecule has 3 aliphatic rings. The minimum absolute atomic E-state index is 0.684. The largest absolute Gasteiger partial charge is 0.309 e. The van der Waals surface area contributed by atoms with E-state index in [1.165, 1.54) is 37.8 Å². The molecule has 0 aromatic heterocycles. The Hall–Kier alpha value is -0.530. The zero-order chi connectivity index (χ0) is 13.4. The monoisotopic (exact) mass is 277 g/mol. The smallest absolute Gasteiger partial charge is 0.0441 e. The number of benzene rings is 1. The number of hydrogen-bond acceptors (Lipinski definition) is 1. The Labute approximate surface area is 121 Å². The van der Waals surface area contributed by atoms with E-state index in [0.29, 0.717) is 5.92 Å². The van der Waals surface area contributed by atoms with Crippen LogP contribution >= 0.6 is 11.6 Å². The molecule has 0 radical (unpaired) electrons. The molecule has 1 nitrogen and oxygen atoms in total. The van der Waals surface area contributed by atoms with E-state index in [9.17, 15) is 0 Å². The van der Waals surface area contributed by atoms with Gasteiger partial charge in [0.1, 0.15) is 0 Å². The first-order chi connectivity index (χ1) is 9.16. The van der Waals surface area contributed by atoms with E-state index in [2.05, 4.69) is 37.2 Å². The zero-order valence-corrected chi connectivity index (χ0v) is 12.7. The summed E-state index contributed by atoms with van der Waals surface area (Å²) in [4.78, 5) is 2.36. The molecule has 3 saturated carbocycles. The van der Waals surface area contributed by atoms with Gasteiger partial charge in [0.25, 0.3) is 0 Å². The van der Waals surface area contributed by atoms with E-state index in [4.69, 9.17) is 11.6 Å². The molecule has 104 valence electrons. The third-order valence-corrected chi connectivity index (χ3v) is 5.58. The van der Waals surface area contributed by atoms with Crippen LogP contribution in [0.15, 0.2) is 24.3 Å². The summed E-state index contributed by atoms with van der Waals surface area (Å²) in [5.74, 6) is 3.24. The van der Waals surface area contributed by atoms with Gasteiger partial charge in [-0.2, -0.15) is 0 Å². The summed E-state index contributed by atoms with van der Waals surface area (Å²) in [7, 11) is 4.40. The molecule has 3 aliphatic carbocycles. The highest BCUT2D eigenvalue weighted by Gasteiger charge is 2.44. The van der Waals surface area contributed by atoms with Gasteiger partial charge in [-0.15, -0.1) is 0 Å². The lowest BCUT2D eigenvalue weighted by molar-refractivity contribution is 0.0507. The second-order valence-electron chi connectivity index (χ2n) is 6.65. The lowest BCUT2D eigenvalue weighted by Gasteiger charge is -2.50. The molecule has 0 heterocycles. The average Bonchev–Trinajstić information content (AvgIpc) is 2.40. The summed E-state index contributed by atoms with van der Waals surface area (Å²) in [6, 6.07) is 8.52. The summed E-state index contributed by atoms with van der Waals surface area (Å²) in [5.41, 5.74) is 1.41. The minimum atomic E-state index is 0.684. The van der Waals surface area contributed by atoms with Crippen LogP contribution in [0.1, 0.15) is 37.2 Å². The second kappa shape index (κ2) is 5.46. The third-order valence-electron chi connectivity index (χ3n) is 5.23. The number of rotatable bonds is 3. The molecule has 2 bridgehead atoms. The van der Waals surface area contributed by atoms with Crippen molar-refractivity contribution in [2.45, 2.75) is 31.6 Å². The van der Waals surface area contributed by atoms with Crippen LogP contribution in [0, 0.1) is 17.8 Å². The molecular weight excluding hydrogens is 254 g/mol. The van der Waals surface area contributed by atoms with Crippen molar-refractivity contribution in [3.05, 3.63) is 34.9 Å². The Morgan fingerprint density at radius 2 is 1.68 bits per heavy atom. The van der Waals surface area contributed by atoms with Crippen LogP contribution in [0.5, 0.6) is 0 Å². The maximum Gasteiger partial charge on any atom is 0.0441 e. The molecule has 2 unspecified atom stereocenters. The van der Waals surface area contributed by atoms with Crippen molar-refractivity contribution in [2.24, 2.45) is 17.8 Å². The van der Waals surface area contributed by atoms with Crippen LogP contribution in [0.4, 0.5) is 0 Å². The Kier molecular flexibility index (Phi) is 3.86. The lowest BCUT2D eigenvalue weighted by atomic mass is 9.57. The van der Waals surface area contributed by atoms with Gasteiger partial charge in [-0.3, -0.25) is 0 Å². The summed E-state index contributed by atoms with van der Waals surface area (Å²) in [6.45, 7) is 1.21. The SMILES string of the molecule is CN(C)CC1C2CCC(CC2)C1c1ccccc1Cl. The molecule has 4 rings (SSSR count). The van der Waals surface area contributed by atoms with Crippen molar-refractivity contribution >= 4 is 11.6 Å². The zero-order valence-electron chi connectivity index (χ0n) is 12.0. The predicted octanol–water partition coefficient (Wildman–Crippen LogP) is 4.42. The maximum atomic E-state index is 6.48. The van der Waals surface area contributed by atoms with Gasteiger partial charge in [-0.1, -0.05) is 29.8 Å². The first-order valence-corrected chi connectivity index (χ1v) is 7.93. The highest BCUT2D eigenvalue weighted by molar-refractivity contribution is 6.31. The van der Waals surface area contributed by atoms with E-state index in [-0.39, 0.29) is 0 Å². The maximum absolute atomic E-state index is 6.48. The first kappa shape index (κ1) is 13.5. The fraction of sp³-hybridized carbons (Fsp3) is 0.647. The standard InChI is InChI=1S/C17H24ClN/c1-19(2)11-15-12-7-9-13(10-8-12)17(15)14-5-3-4-6-16(14)18/h3-6,12-13,15,17H,7-11H2,1-2H3. The third kappa shape index (κ3) is 2.55. The predicted molar refractivity (Wildman–Crippen MR) is 81.7 cm³/mol. The van der Waals surface area contributed by atoms with Gasteiger partial charge in [0, 0.05) is 11.6 Å². The molecule has 19 heavy (non-hydrogen) atoms. The van der Waals surface area contributed by atoms with Gasteiger partial charge in [0.05, 0.1) is 0 Å². The highest BCUT2D eigenvalue weighted by Crippen LogP contribution is 2.54. The van der Waals surface area contributed by atoms with Crippen LogP contribution in [-0.4, -0.2) is 25.5 Å². The van der Waals surface area contributed by atoms with Crippen molar-refractivity contribution in [3.8, 4) is 0 Å². The van der Waals surface area contributed by atoms with Gasteiger partial charge in [0.2, 0.25) is 0 Å². The topological polar surface area (TPSA) is 3.24 Å². The first-order valence-electron chi connectivity index (χ1n) is 7.56.